The molecular formula is C5H8N2O3. The van der Waals surface area contributed by atoms with Crippen LogP contribution in [0.25, 0.3) is 0 Å². The smallest absolute Gasteiger partial charge is 0.332 e. The topological polar surface area (TPSA) is 95.4 Å². The molecule has 0 spiro atoms. The molecule has 0 aromatic rings. The van der Waals surface area contributed by atoms with Gasteiger partial charge in [0.25, 0.3) is 5.91 Å². The second-order valence-electron chi connectivity index (χ2n) is 1.49. The van der Waals surface area contributed by atoms with E-state index >= 15 is 0 Å². The molecule has 0 radical (unpaired) electrons. The zero-order valence-electron chi connectivity index (χ0n) is 5.46. The van der Waals surface area contributed by atoms with Gasteiger partial charge in [-0.1, -0.05) is 0 Å². The van der Waals surface area contributed by atoms with Crippen LogP contribution in [-0.4, -0.2) is 19.0 Å². The fourth-order valence-electron chi connectivity index (χ4n) is 0.257. The Hall–Kier alpha value is -1.52. The van der Waals surface area contributed by atoms with Crippen molar-refractivity contribution < 1.29 is 14.3 Å². The van der Waals surface area contributed by atoms with Gasteiger partial charge in [0.2, 0.25) is 0 Å². The van der Waals surface area contributed by atoms with Gasteiger partial charge < -0.3 is 16.2 Å². The lowest BCUT2D eigenvalue weighted by Gasteiger charge is -1.92. The average molecular weight is 144 g/mol. The molecular weight excluding hydrogens is 136 g/mol. The molecule has 0 fully saturated rings. The van der Waals surface area contributed by atoms with Crippen molar-refractivity contribution in [1.82, 2.24) is 0 Å². The van der Waals surface area contributed by atoms with Crippen LogP contribution < -0.4 is 11.5 Å². The number of primary amides is 1. The van der Waals surface area contributed by atoms with Gasteiger partial charge in [-0.25, -0.2) is 4.79 Å². The monoisotopic (exact) mass is 144 g/mol. The number of hydrogen-bond acceptors (Lipinski definition) is 4. The number of amides is 1. The van der Waals surface area contributed by atoms with Crippen LogP contribution in [-0.2, 0) is 14.3 Å². The van der Waals surface area contributed by atoms with E-state index in [9.17, 15) is 9.59 Å². The summed E-state index contributed by atoms with van der Waals surface area (Å²) in [5.41, 5.74) is 9.36. The molecule has 4 N–H and O–H groups in total. The minimum Gasteiger partial charge on any atom is -0.466 e. The summed E-state index contributed by atoms with van der Waals surface area (Å²) in [5, 5.41) is 0. The normalized spacial score (nSPS) is 10.7. The van der Waals surface area contributed by atoms with Crippen molar-refractivity contribution in [1.29, 1.82) is 0 Å². The summed E-state index contributed by atoms with van der Waals surface area (Å²) in [6, 6.07) is 0. The lowest BCUT2D eigenvalue weighted by atomic mass is 10.4. The van der Waals surface area contributed by atoms with E-state index in [1.165, 1.54) is 7.11 Å². The van der Waals surface area contributed by atoms with Crippen LogP contribution in [0.2, 0.25) is 0 Å². The zero-order chi connectivity index (χ0) is 8.15. The molecule has 0 aromatic carbocycles. The van der Waals surface area contributed by atoms with Gasteiger partial charge in [-0.2, -0.15) is 0 Å². The lowest BCUT2D eigenvalue weighted by molar-refractivity contribution is -0.135. The van der Waals surface area contributed by atoms with Gasteiger partial charge in [-0.3, -0.25) is 4.79 Å². The first-order valence-electron chi connectivity index (χ1n) is 2.43. The summed E-state index contributed by atoms with van der Waals surface area (Å²) >= 11 is 0. The molecule has 0 atom stereocenters. The fraction of sp³-hybridized carbons (Fsp3) is 0.200. The number of methoxy groups -OCH3 is 1. The Morgan fingerprint density at radius 2 is 1.90 bits per heavy atom. The third-order valence-electron chi connectivity index (χ3n) is 0.759. The Morgan fingerprint density at radius 3 is 2.20 bits per heavy atom. The maximum absolute atomic E-state index is 10.3. The van der Waals surface area contributed by atoms with E-state index in [0.717, 1.165) is 6.08 Å². The van der Waals surface area contributed by atoms with E-state index in [1.54, 1.807) is 0 Å². The predicted molar refractivity (Wildman–Crippen MR) is 33.5 cm³/mol. The lowest BCUT2D eigenvalue weighted by Crippen LogP contribution is -2.21. The van der Waals surface area contributed by atoms with E-state index in [2.05, 4.69) is 4.74 Å². The molecule has 0 aliphatic rings. The first kappa shape index (κ1) is 8.48. The molecule has 0 aliphatic carbocycles. The number of nitrogens with two attached hydrogens (primary N) is 2. The number of esters is 1. The van der Waals surface area contributed by atoms with Crippen LogP contribution in [0.3, 0.4) is 0 Å². The maximum atomic E-state index is 10.3. The highest BCUT2D eigenvalue weighted by Gasteiger charge is 2.01. The van der Waals surface area contributed by atoms with Crippen molar-refractivity contribution in [2.24, 2.45) is 11.5 Å². The van der Waals surface area contributed by atoms with Crippen LogP contribution in [0.1, 0.15) is 0 Å². The quantitative estimate of drug-likeness (QED) is 0.363. The number of carbonyl (C=O) groups excluding carboxylic acids is 2. The minimum absolute atomic E-state index is 0.313. The molecule has 0 unspecified atom stereocenters. The summed E-state index contributed by atoms with van der Waals surface area (Å²) < 4.78 is 4.17. The Labute approximate surface area is 57.6 Å². The highest BCUT2D eigenvalue weighted by molar-refractivity contribution is 5.97. The van der Waals surface area contributed by atoms with Crippen LogP contribution >= 0.6 is 0 Å². The standard InChI is InChI=1S/C5H8N2O3/c1-10-4(8)2-3(6)5(7)9/h2H,6H2,1H3,(H2,7,9)/b3-2+. The fourth-order valence-corrected chi connectivity index (χ4v) is 0.257. The second-order valence-corrected chi connectivity index (χ2v) is 1.49. The third-order valence-corrected chi connectivity index (χ3v) is 0.759. The summed E-state index contributed by atoms with van der Waals surface area (Å²) in [6.07, 6.45) is 0.822. The van der Waals surface area contributed by atoms with E-state index in [0.29, 0.717) is 0 Å². The molecule has 0 bridgehead atoms. The van der Waals surface area contributed by atoms with Crippen molar-refractivity contribution in [2.45, 2.75) is 0 Å². The van der Waals surface area contributed by atoms with Crippen LogP contribution in [0.15, 0.2) is 11.8 Å². The van der Waals surface area contributed by atoms with Crippen molar-refractivity contribution in [3.63, 3.8) is 0 Å². The molecule has 0 heterocycles. The summed E-state index contributed by atoms with van der Waals surface area (Å²) in [4.78, 5) is 20.5. The van der Waals surface area contributed by atoms with Crippen LogP contribution in [0.4, 0.5) is 0 Å². The second kappa shape index (κ2) is 3.49. The van der Waals surface area contributed by atoms with Crippen LogP contribution in [0, 0.1) is 0 Å². The Morgan fingerprint density at radius 1 is 1.40 bits per heavy atom. The molecule has 5 heteroatoms. The highest BCUT2D eigenvalue weighted by Crippen LogP contribution is 1.82. The summed E-state index contributed by atoms with van der Waals surface area (Å²) in [7, 11) is 1.17. The predicted octanol–water partition coefficient (Wildman–Crippen LogP) is -1.51. The first-order chi connectivity index (χ1) is 4.57. The van der Waals surface area contributed by atoms with Crippen molar-refractivity contribution in [3.8, 4) is 0 Å². The van der Waals surface area contributed by atoms with Gasteiger partial charge in [-0.15, -0.1) is 0 Å². The number of carbonyl (C=O) groups is 2. The van der Waals surface area contributed by atoms with Gasteiger partial charge in [-0.05, 0) is 0 Å². The molecule has 56 valence electrons. The number of hydrogen-bond donors (Lipinski definition) is 2. The van der Waals surface area contributed by atoms with E-state index in [4.69, 9.17) is 11.5 Å². The van der Waals surface area contributed by atoms with Crippen LogP contribution in [0.5, 0.6) is 0 Å². The molecule has 0 saturated heterocycles. The van der Waals surface area contributed by atoms with Gasteiger partial charge in [0.1, 0.15) is 5.70 Å². The number of rotatable bonds is 2. The molecule has 5 nitrogen and oxygen atoms in total. The van der Waals surface area contributed by atoms with Gasteiger partial charge >= 0.3 is 5.97 Å². The van der Waals surface area contributed by atoms with Crippen molar-refractivity contribution >= 4 is 11.9 Å². The summed E-state index contributed by atoms with van der Waals surface area (Å²) in [6.45, 7) is 0. The molecule has 0 aliphatic heterocycles. The van der Waals surface area contributed by atoms with Crippen molar-refractivity contribution in [3.05, 3.63) is 11.8 Å². The highest BCUT2D eigenvalue weighted by atomic mass is 16.5. The van der Waals surface area contributed by atoms with Crippen molar-refractivity contribution in [2.75, 3.05) is 7.11 Å². The maximum Gasteiger partial charge on any atom is 0.332 e. The molecule has 0 saturated carbocycles. The van der Waals surface area contributed by atoms with Gasteiger partial charge in [0.15, 0.2) is 0 Å². The largest absolute Gasteiger partial charge is 0.466 e. The SMILES string of the molecule is COC(=O)/C=C(/N)C(N)=O. The van der Waals surface area contributed by atoms with Gasteiger partial charge in [0, 0.05) is 0 Å². The Bertz CT molecular complexity index is 185. The van der Waals surface area contributed by atoms with Gasteiger partial charge in [0.05, 0.1) is 13.2 Å². The minimum atomic E-state index is -0.842. The molecule has 0 rings (SSSR count). The molecule has 1 amide bonds. The average Bonchev–Trinajstić information content (AvgIpc) is 1.87. The zero-order valence-corrected chi connectivity index (χ0v) is 5.46. The Kier molecular flexibility index (Phi) is 2.96. The molecule has 0 aromatic heterocycles. The molecule has 10 heavy (non-hydrogen) atoms. The number of ether oxygens (including phenoxy) is 1. The van der Waals surface area contributed by atoms with E-state index in [-0.39, 0.29) is 5.70 Å². The Balaban J connectivity index is 4.16. The van der Waals surface area contributed by atoms with E-state index < -0.39 is 11.9 Å². The summed E-state index contributed by atoms with van der Waals surface area (Å²) in [5.74, 6) is -1.54. The third kappa shape index (κ3) is 2.71. The van der Waals surface area contributed by atoms with E-state index in [1.807, 2.05) is 0 Å². The first-order valence-corrected chi connectivity index (χ1v) is 2.43.